The number of carbonyl (C=O) groups excluding carboxylic acids is 1. The second kappa shape index (κ2) is 6.80. The van der Waals surface area contributed by atoms with Gasteiger partial charge in [-0.25, -0.2) is 9.97 Å². The number of nitrogens with one attached hydrogen (secondary N) is 2. The van der Waals surface area contributed by atoms with E-state index in [4.69, 9.17) is 0 Å². The summed E-state index contributed by atoms with van der Waals surface area (Å²) in [6, 6.07) is 12.1. The number of carbonyl (C=O) groups is 1. The molecule has 1 aromatic carbocycles. The first-order valence-electron chi connectivity index (χ1n) is 8.58. The summed E-state index contributed by atoms with van der Waals surface area (Å²) in [5, 5.41) is 7.31. The number of rotatable bonds is 3. The minimum atomic E-state index is -0.236. The molecular formula is C19H20N4OS. The maximum atomic E-state index is 12.3. The van der Waals surface area contributed by atoms with Crippen molar-refractivity contribution < 1.29 is 4.79 Å². The molecule has 0 spiro atoms. The Bertz CT molecular complexity index is 906. The number of hydrogen-bond donors (Lipinski definition) is 2. The SMILES string of the molecule is Cc1nc(NC2CCCCNC2=O)c2cc(-c3ccccc3)sc2n1. The summed E-state index contributed by atoms with van der Waals surface area (Å²) in [4.78, 5) is 23.5. The standard InChI is InChI=1S/C19H20N4OS/c1-12-21-17(23-15-9-5-6-10-20-18(15)24)14-11-16(25-19(14)22-12)13-7-3-2-4-8-13/h2-4,7-8,11,15H,5-6,9-10H2,1H3,(H,20,24)(H,21,22,23). The van der Waals surface area contributed by atoms with E-state index in [1.807, 2.05) is 25.1 Å². The molecule has 2 N–H and O–H groups in total. The van der Waals surface area contributed by atoms with Gasteiger partial charge in [0.2, 0.25) is 5.91 Å². The highest BCUT2D eigenvalue weighted by atomic mass is 32.1. The molecule has 1 unspecified atom stereocenters. The first kappa shape index (κ1) is 16.0. The highest BCUT2D eigenvalue weighted by Crippen LogP contribution is 2.35. The topological polar surface area (TPSA) is 66.9 Å². The van der Waals surface area contributed by atoms with E-state index in [-0.39, 0.29) is 11.9 Å². The minimum absolute atomic E-state index is 0.0560. The van der Waals surface area contributed by atoms with Crippen molar-refractivity contribution in [3.63, 3.8) is 0 Å². The van der Waals surface area contributed by atoms with Crippen LogP contribution in [-0.2, 0) is 4.79 Å². The van der Waals surface area contributed by atoms with Gasteiger partial charge in [-0.3, -0.25) is 4.79 Å². The van der Waals surface area contributed by atoms with Gasteiger partial charge in [0.25, 0.3) is 0 Å². The smallest absolute Gasteiger partial charge is 0.242 e. The number of anilines is 1. The second-order valence-electron chi connectivity index (χ2n) is 6.30. The third kappa shape index (κ3) is 3.35. The Morgan fingerprint density at radius 2 is 2.04 bits per heavy atom. The van der Waals surface area contributed by atoms with Gasteiger partial charge in [0.15, 0.2) is 0 Å². The van der Waals surface area contributed by atoms with Crippen LogP contribution in [0.25, 0.3) is 20.7 Å². The number of fused-ring (bicyclic) bond motifs is 1. The van der Waals surface area contributed by atoms with Crippen LogP contribution in [0.3, 0.4) is 0 Å². The average Bonchev–Trinajstić information content (AvgIpc) is 2.94. The fourth-order valence-electron chi connectivity index (χ4n) is 3.12. The first-order valence-corrected chi connectivity index (χ1v) is 9.40. The quantitative estimate of drug-likeness (QED) is 0.753. The Morgan fingerprint density at radius 3 is 2.88 bits per heavy atom. The van der Waals surface area contributed by atoms with Crippen LogP contribution in [0.4, 0.5) is 5.82 Å². The van der Waals surface area contributed by atoms with Crippen LogP contribution in [0.5, 0.6) is 0 Å². The lowest BCUT2D eigenvalue weighted by Crippen LogP contribution is -2.38. The van der Waals surface area contributed by atoms with Crippen LogP contribution in [-0.4, -0.2) is 28.5 Å². The third-order valence-electron chi connectivity index (χ3n) is 4.41. The van der Waals surface area contributed by atoms with Gasteiger partial charge in [-0.1, -0.05) is 30.3 Å². The third-order valence-corrected chi connectivity index (χ3v) is 5.49. The molecule has 6 heteroatoms. The average molecular weight is 352 g/mol. The van der Waals surface area contributed by atoms with E-state index in [1.54, 1.807) is 11.3 Å². The van der Waals surface area contributed by atoms with Crippen molar-refractivity contribution in [2.24, 2.45) is 0 Å². The van der Waals surface area contributed by atoms with Crippen LogP contribution >= 0.6 is 11.3 Å². The van der Waals surface area contributed by atoms with Gasteiger partial charge in [-0.05, 0) is 37.8 Å². The molecule has 3 aromatic rings. The van der Waals surface area contributed by atoms with Crippen molar-refractivity contribution in [3.8, 4) is 10.4 Å². The summed E-state index contributed by atoms with van der Waals surface area (Å²) >= 11 is 1.65. The molecule has 2 aromatic heterocycles. The zero-order valence-electron chi connectivity index (χ0n) is 14.1. The lowest BCUT2D eigenvalue weighted by Gasteiger charge is -2.16. The van der Waals surface area contributed by atoms with E-state index >= 15 is 0 Å². The maximum absolute atomic E-state index is 12.3. The van der Waals surface area contributed by atoms with Gasteiger partial charge in [0, 0.05) is 11.4 Å². The molecule has 0 saturated carbocycles. The molecule has 1 fully saturated rings. The Kier molecular flexibility index (Phi) is 4.36. The monoisotopic (exact) mass is 352 g/mol. The Hall–Kier alpha value is -2.47. The molecule has 25 heavy (non-hydrogen) atoms. The lowest BCUT2D eigenvalue weighted by atomic mass is 10.1. The van der Waals surface area contributed by atoms with Gasteiger partial charge in [0.1, 0.15) is 22.5 Å². The Morgan fingerprint density at radius 1 is 1.20 bits per heavy atom. The molecule has 1 saturated heterocycles. The predicted molar refractivity (Wildman–Crippen MR) is 102 cm³/mol. The van der Waals surface area contributed by atoms with E-state index in [2.05, 4.69) is 38.8 Å². The van der Waals surface area contributed by atoms with Crippen LogP contribution in [0.1, 0.15) is 25.1 Å². The van der Waals surface area contributed by atoms with Crippen LogP contribution < -0.4 is 10.6 Å². The molecule has 4 rings (SSSR count). The number of aryl methyl sites for hydroxylation is 1. The van der Waals surface area contributed by atoms with Gasteiger partial charge in [0.05, 0.1) is 5.39 Å². The van der Waals surface area contributed by atoms with Crippen LogP contribution in [0.15, 0.2) is 36.4 Å². The fourth-order valence-corrected chi connectivity index (χ4v) is 4.21. The highest BCUT2D eigenvalue weighted by Gasteiger charge is 2.22. The molecule has 0 bridgehead atoms. The molecule has 0 aliphatic carbocycles. The van der Waals surface area contributed by atoms with E-state index < -0.39 is 0 Å². The van der Waals surface area contributed by atoms with E-state index in [0.717, 1.165) is 46.7 Å². The van der Waals surface area contributed by atoms with E-state index in [0.29, 0.717) is 5.82 Å². The second-order valence-corrected chi connectivity index (χ2v) is 7.33. The summed E-state index contributed by atoms with van der Waals surface area (Å²) in [5.74, 6) is 1.52. The summed E-state index contributed by atoms with van der Waals surface area (Å²) < 4.78 is 0. The number of aromatic nitrogens is 2. The van der Waals surface area contributed by atoms with Crippen molar-refractivity contribution in [2.75, 3.05) is 11.9 Å². The highest BCUT2D eigenvalue weighted by molar-refractivity contribution is 7.21. The zero-order valence-corrected chi connectivity index (χ0v) is 14.9. The van der Waals surface area contributed by atoms with Crippen molar-refractivity contribution >= 4 is 33.3 Å². The fraction of sp³-hybridized carbons (Fsp3) is 0.316. The van der Waals surface area contributed by atoms with Crippen LogP contribution in [0, 0.1) is 6.92 Å². The molecule has 128 valence electrons. The lowest BCUT2D eigenvalue weighted by molar-refractivity contribution is -0.121. The minimum Gasteiger partial charge on any atom is -0.358 e. The molecule has 1 amide bonds. The van der Waals surface area contributed by atoms with Gasteiger partial charge < -0.3 is 10.6 Å². The van der Waals surface area contributed by atoms with Gasteiger partial charge in [-0.15, -0.1) is 11.3 Å². The van der Waals surface area contributed by atoms with Crippen molar-refractivity contribution in [3.05, 3.63) is 42.2 Å². The van der Waals surface area contributed by atoms with Crippen molar-refractivity contribution in [1.29, 1.82) is 0 Å². The van der Waals surface area contributed by atoms with Crippen LogP contribution in [0.2, 0.25) is 0 Å². The summed E-state index contributed by atoms with van der Waals surface area (Å²) in [7, 11) is 0. The van der Waals surface area contributed by atoms with E-state index in [9.17, 15) is 4.79 Å². The number of thiophene rings is 1. The summed E-state index contributed by atoms with van der Waals surface area (Å²) in [5.41, 5.74) is 1.17. The normalized spacial score (nSPS) is 18.0. The van der Waals surface area contributed by atoms with Gasteiger partial charge >= 0.3 is 0 Å². The largest absolute Gasteiger partial charge is 0.358 e. The Labute approximate surface area is 150 Å². The number of amides is 1. The number of nitrogens with zero attached hydrogens (tertiary/aromatic N) is 2. The van der Waals surface area contributed by atoms with Crippen molar-refractivity contribution in [2.45, 2.75) is 32.2 Å². The predicted octanol–water partition coefficient (Wildman–Crippen LogP) is 3.75. The van der Waals surface area contributed by atoms with Gasteiger partial charge in [-0.2, -0.15) is 0 Å². The summed E-state index contributed by atoms with van der Waals surface area (Å²) in [6.45, 7) is 2.64. The molecule has 1 aliphatic rings. The van der Waals surface area contributed by atoms with E-state index in [1.165, 1.54) is 5.56 Å². The molecule has 1 atom stereocenters. The molecule has 1 aliphatic heterocycles. The first-order chi connectivity index (χ1) is 12.2. The molecule has 3 heterocycles. The number of hydrogen-bond acceptors (Lipinski definition) is 5. The number of benzene rings is 1. The molecular weight excluding hydrogens is 332 g/mol. The molecule has 5 nitrogen and oxygen atoms in total. The maximum Gasteiger partial charge on any atom is 0.242 e. The van der Waals surface area contributed by atoms with Crippen molar-refractivity contribution in [1.82, 2.24) is 15.3 Å². The zero-order chi connectivity index (χ0) is 17.2. The summed E-state index contributed by atoms with van der Waals surface area (Å²) in [6.07, 6.45) is 2.88. The molecule has 0 radical (unpaired) electrons. The Balaban J connectivity index is 1.73.